The lowest BCUT2D eigenvalue weighted by atomic mass is 10.3. The molecule has 7 nitrogen and oxygen atoms in total. The molecule has 0 aliphatic heterocycles. The molecule has 0 unspecified atom stereocenters. The number of anilines is 1. The molecule has 8 heteroatoms. The van der Waals surface area contributed by atoms with Crippen LogP contribution in [0.4, 0.5) is 5.69 Å². The molecule has 0 amide bonds. The fraction of sp³-hybridized carbons (Fsp3) is 0.222. The quantitative estimate of drug-likeness (QED) is 0.447. The van der Waals surface area contributed by atoms with Crippen molar-refractivity contribution in [1.29, 1.82) is 5.26 Å². The Bertz CT molecular complexity index is 562. The van der Waals surface area contributed by atoms with Gasteiger partial charge in [-0.3, -0.25) is 0 Å². The third kappa shape index (κ3) is 2.51. The van der Waals surface area contributed by atoms with Gasteiger partial charge in [-0.2, -0.15) is 5.26 Å². The van der Waals surface area contributed by atoms with Crippen LogP contribution in [0.1, 0.15) is 0 Å². The molecular formula is C9H11N3O4S. The SMILES string of the molecule is COc1cc(S(=O)(=O)NC#N)c(OC)cc1N. The maximum atomic E-state index is 11.7. The second-order valence-corrected chi connectivity index (χ2v) is 4.61. The Labute approximate surface area is 98.8 Å². The molecule has 0 atom stereocenters. The number of ether oxygens (including phenoxy) is 2. The average Bonchev–Trinajstić information content (AvgIpc) is 2.28. The van der Waals surface area contributed by atoms with Crippen LogP contribution in [0.3, 0.4) is 0 Å². The zero-order valence-corrected chi connectivity index (χ0v) is 10.0. The number of sulfonamides is 1. The Kier molecular flexibility index (Phi) is 3.65. The molecular weight excluding hydrogens is 246 g/mol. The average molecular weight is 257 g/mol. The van der Waals surface area contributed by atoms with Crippen LogP contribution < -0.4 is 19.9 Å². The van der Waals surface area contributed by atoms with Gasteiger partial charge >= 0.3 is 0 Å². The zero-order chi connectivity index (χ0) is 13.1. The van der Waals surface area contributed by atoms with E-state index in [1.807, 2.05) is 0 Å². The molecule has 0 bridgehead atoms. The molecule has 1 rings (SSSR count). The molecule has 0 saturated heterocycles. The summed E-state index contributed by atoms with van der Waals surface area (Å²) in [7, 11) is -1.32. The first kappa shape index (κ1) is 12.9. The van der Waals surface area contributed by atoms with Crippen LogP contribution in [-0.2, 0) is 10.0 Å². The van der Waals surface area contributed by atoms with Crippen LogP contribution in [0.25, 0.3) is 0 Å². The lowest BCUT2D eigenvalue weighted by Gasteiger charge is -2.11. The number of hydrogen-bond acceptors (Lipinski definition) is 6. The van der Waals surface area contributed by atoms with E-state index in [0.717, 1.165) is 0 Å². The second-order valence-electron chi connectivity index (χ2n) is 2.96. The molecule has 0 heterocycles. The molecule has 1 aromatic rings. The van der Waals surface area contributed by atoms with Gasteiger partial charge in [0.15, 0.2) is 6.19 Å². The van der Waals surface area contributed by atoms with E-state index in [1.54, 1.807) is 4.72 Å². The van der Waals surface area contributed by atoms with Crippen LogP contribution >= 0.6 is 0 Å². The van der Waals surface area contributed by atoms with Crippen LogP contribution in [0.5, 0.6) is 11.5 Å². The third-order valence-corrected chi connectivity index (χ3v) is 3.24. The van der Waals surface area contributed by atoms with Crippen molar-refractivity contribution in [2.75, 3.05) is 20.0 Å². The number of nitrogen functional groups attached to an aromatic ring is 1. The third-order valence-electron chi connectivity index (χ3n) is 1.99. The summed E-state index contributed by atoms with van der Waals surface area (Å²) in [4.78, 5) is -0.215. The minimum atomic E-state index is -3.97. The lowest BCUT2D eigenvalue weighted by Crippen LogP contribution is -2.19. The highest BCUT2D eigenvalue weighted by Gasteiger charge is 2.21. The summed E-state index contributed by atoms with van der Waals surface area (Å²) in [6.45, 7) is 0. The van der Waals surface area contributed by atoms with Gasteiger partial charge in [0.2, 0.25) is 0 Å². The van der Waals surface area contributed by atoms with Gasteiger partial charge in [-0.15, -0.1) is 0 Å². The smallest absolute Gasteiger partial charge is 0.273 e. The topological polar surface area (TPSA) is 114 Å². The first-order chi connectivity index (χ1) is 7.96. The number of nitriles is 1. The van der Waals surface area contributed by atoms with E-state index in [-0.39, 0.29) is 22.1 Å². The van der Waals surface area contributed by atoms with Gasteiger partial charge in [0.05, 0.1) is 19.9 Å². The Morgan fingerprint density at radius 3 is 2.35 bits per heavy atom. The fourth-order valence-corrected chi connectivity index (χ4v) is 2.12. The minimum absolute atomic E-state index is 0.0334. The van der Waals surface area contributed by atoms with E-state index in [1.165, 1.54) is 32.5 Å². The number of nitrogens with one attached hydrogen (secondary N) is 1. The molecule has 1 aromatic carbocycles. The van der Waals surface area contributed by atoms with Gasteiger partial charge in [-0.1, -0.05) is 0 Å². The van der Waals surface area contributed by atoms with Gasteiger partial charge in [-0.25, -0.2) is 13.1 Å². The van der Waals surface area contributed by atoms with Crippen molar-refractivity contribution in [2.24, 2.45) is 0 Å². The van der Waals surface area contributed by atoms with E-state index in [9.17, 15) is 8.42 Å². The number of nitrogens with two attached hydrogens (primary N) is 1. The van der Waals surface area contributed by atoms with Crippen molar-refractivity contribution < 1.29 is 17.9 Å². The monoisotopic (exact) mass is 257 g/mol. The highest BCUT2D eigenvalue weighted by atomic mass is 32.2. The van der Waals surface area contributed by atoms with Gasteiger partial charge in [0, 0.05) is 12.1 Å². The molecule has 0 aromatic heterocycles. The van der Waals surface area contributed by atoms with Crippen molar-refractivity contribution in [3.05, 3.63) is 12.1 Å². The largest absolute Gasteiger partial charge is 0.495 e. The summed E-state index contributed by atoms with van der Waals surface area (Å²) >= 11 is 0. The van der Waals surface area contributed by atoms with Crippen LogP contribution in [0.15, 0.2) is 17.0 Å². The van der Waals surface area contributed by atoms with Gasteiger partial charge in [0.1, 0.15) is 16.4 Å². The van der Waals surface area contributed by atoms with Crippen LogP contribution in [-0.4, -0.2) is 22.6 Å². The second kappa shape index (κ2) is 4.80. The summed E-state index contributed by atoms with van der Waals surface area (Å²) in [5, 5.41) is 8.37. The minimum Gasteiger partial charge on any atom is -0.495 e. The standard InChI is InChI=1S/C9H11N3O4S/c1-15-7-4-9(17(13,14)12-5-10)8(16-2)3-6(7)11/h3-4,12H,11H2,1-2H3. The molecule has 92 valence electrons. The van der Waals surface area contributed by atoms with E-state index >= 15 is 0 Å². The van der Waals surface area contributed by atoms with Crippen molar-refractivity contribution in [1.82, 2.24) is 4.72 Å². The molecule has 0 saturated carbocycles. The van der Waals surface area contributed by atoms with Gasteiger partial charge in [-0.05, 0) is 0 Å². The zero-order valence-electron chi connectivity index (χ0n) is 9.22. The lowest BCUT2D eigenvalue weighted by molar-refractivity contribution is 0.393. The predicted molar refractivity (Wildman–Crippen MR) is 59.9 cm³/mol. The number of methoxy groups -OCH3 is 2. The predicted octanol–water partition coefficient (Wildman–Crippen LogP) is 0.0454. The van der Waals surface area contributed by atoms with Gasteiger partial charge in [0.25, 0.3) is 10.0 Å². The summed E-state index contributed by atoms with van der Waals surface area (Å²) in [5.74, 6) is 0.218. The number of benzene rings is 1. The molecule has 0 spiro atoms. The van der Waals surface area contributed by atoms with Gasteiger partial charge < -0.3 is 15.2 Å². The van der Waals surface area contributed by atoms with Crippen molar-refractivity contribution in [3.8, 4) is 17.7 Å². The summed E-state index contributed by atoms with van der Waals surface area (Å²) < 4.78 is 34.8. The van der Waals surface area contributed by atoms with Crippen molar-refractivity contribution in [2.45, 2.75) is 4.90 Å². The molecule has 17 heavy (non-hydrogen) atoms. The Balaban J connectivity index is 3.47. The maximum Gasteiger partial charge on any atom is 0.273 e. The highest BCUT2D eigenvalue weighted by molar-refractivity contribution is 7.89. The van der Waals surface area contributed by atoms with E-state index in [2.05, 4.69) is 0 Å². The molecule has 0 fully saturated rings. The Hall–Kier alpha value is -2.14. The van der Waals surface area contributed by atoms with Crippen molar-refractivity contribution >= 4 is 15.7 Å². The Morgan fingerprint density at radius 1 is 1.29 bits per heavy atom. The van der Waals surface area contributed by atoms with E-state index in [4.69, 9.17) is 20.5 Å². The number of rotatable bonds is 4. The first-order valence-electron chi connectivity index (χ1n) is 4.38. The van der Waals surface area contributed by atoms with Crippen LogP contribution in [0.2, 0.25) is 0 Å². The van der Waals surface area contributed by atoms with E-state index in [0.29, 0.717) is 0 Å². The molecule has 3 N–H and O–H groups in total. The summed E-state index contributed by atoms with van der Waals surface area (Å²) in [6, 6.07) is 2.50. The normalized spacial score (nSPS) is 10.4. The van der Waals surface area contributed by atoms with Crippen molar-refractivity contribution in [3.63, 3.8) is 0 Å². The van der Waals surface area contributed by atoms with Crippen LogP contribution in [0, 0.1) is 11.5 Å². The Morgan fingerprint density at radius 2 is 1.88 bits per heavy atom. The van der Waals surface area contributed by atoms with E-state index < -0.39 is 10.0 Å². The maximum absolute atomic E-state index is 11.7. The number of hydrogen-bond donors (Lipinski definition) is 2. The first-order valence-corrected chi connectivity index (χ1v) is 5.87. The molecule has 0 aliphatic carbocycles. The summed E-state index contributed by atoms with van der Waals surface area (Å²) in [6.07, 6.45) is 1.34. The number of nitrogens with zero attached hydrogens (tertiary/aromatic N) is 1. The molecule has 0 aliphatic rings. The molecule has 0 radical (unpaired) electrons. The summed E-state index contributed by atoms with van der Waals surface area (Å²) in [5.41, 5.74) is 5.84. The highest BCUT2D eigenvalue weighted by Crippen LogP contribution is 2.33. The fourth-order valence-electron chi connectivity index (χ4n) is 1.22.